The van der Waals surface area contributed by atoms with Crippen molar-refractivity contribution in [1.82, 2.24) is 5.43 Å². The van der Waals surface area contributed by atoms with Gasteiger partial charge in [-0.25, -0.2) is 13.8 Å². The number of para-hydroxylation sites is 1. The van der Waals surface area contributed by atoms with Crippen LogP contribution in [0.5, 0.6) is 11.5 Å². The molecule has 0 atom stereocenters. The average Bonchev–Trinajstić information content (AvgIpc) is 2.93. The molecule has 39 heavy (non-hydrogen) atoms. The molecule has 0 heterocycles. The number of amides is 1. The number of sulfonamides is 1. The Morgan fingerprint density at radius 2 is 1.72 bits per heavy atom. The zero-order valence-corrected chi connectivity index (χ0v) is 22.8. The van der Waals surface area contributed by atoms with Crippen LogP contribution in [0, 0.1) is 6.92 Å². The number of phenols is 1. The van der Waals surface area contributed by atoms with E-state index in [0.717, 1.165) is 5.56 Å². The van der Waals surface area contributed by atoms with Gasteiger partial charge in [0, 0.05) is 5.02 Å². The maximum atomic E-state index is 13.9. The Labute approximate surface area is 232 Å². The van der Waals surface area contributed by atoms with Gasteiger partial charge in [0.15, 0.2) is 11.5 Å². The summed E-state index contributed by atoms with van der Waals surface area (Å²) in [6.07, 6.45) is 1.39. The van der Waals surface area contributed by atoms with Crippen LogP contribution >= 0.6 is 11.6 Å². The molecule has 200 valence electrons. The standard InChI is InChI=1S/C29H26ClN3O5S/c1-20-7-14-24(15-8-20)39(36,37)33(19-21-9-12-23(30)13-10-21)26-6-4-3-5-25(26)29(35)32-31-18-22-11-16-27(34)28(17-22)38-2/h3-18,34H,19H2,1-2H3,(H,32,35)/b31-18-. The molecule has 0 unspecified atom stereocenters. The fourth-order valence-corrected chi connectivity index (χ4v) is 5.37. The second-order valence-corrected chi connectivity index (χ2v) is 10.9. The van der Waals surface area contributed by atoms with E-state index in [9.17, 15) is 18.3 Å². The summed E-state index contributed by atoms with van der Waals surface area (Å²) in [6, 6.07) is 24.4. The SMILES string of the molecule is COc1cc(/C=N\NC(=O)c2ccccc2N(Cc2ccc(Cl)cc2)S(=O)(=O)c2ccc(C)cc2)ccc1O. The Morgan fingerprint density at radius 3 is 2.41 bits per heavy atom. The average molecular weight is 564 g/mol. The van der Waals surface area contributed by atoms with Gasteiger partial charge in [0.1, 0.15) is 0 Å². The second-order valence-electron chi connectivity index (χ2n) is 8.60. The molecule has 0 fully saturated rings. The van der Waals surface area contributed by atoms with Crippen molar-refractivity contribution in [2.75, 3.05) is 11.4 Å². The van der Waals surface area contributed by atoms with Gasteiger partial charge in [0.25, 0.3) is 15.9 Å². The summed E-state index contributed by atoms with van der Waals surface area (Å²) in [5, 5.41) is 14.3. The smallest absolute Gasteiger partial charge is 0.273 e. The Balaban J connectivity index is 1.69. The first-order valence-electron chi connectivity index (χ1n) is 11.8. The fraction of sp³-hybridized carbons (Fsp3) is 0.103. The molecule has 2 N–H and O–H groups in total. The van der Waals surface area contributed by atoms with Gasteiger partial charge in [0.2, 0.25) is 0 Å². The van der Waals surface area contributed by atoms with E-state index in [-0.39, 0.29) is 34.2 Å². The van der Waals surface area contributed by atoms with E-state index in [0.29, 0.717) is 16.1 Å². The lowest BCUT2D eigenvalue weighted by molar-refractivity contribution is 0.0955. The molecule has 0 aromatic heterocycles. The molecule has 1 amide bonds. The number of aromatic hydroxyl groups is 1. The van der Waals surface area contributed by atoms with Crippen LogP contribution in [0.3, 0.4) is 0 Å². The Kier molecular flexibility index (Phi) is 8.53. The van der Waals surface area contributed by atoms with Crippen molar-refractivity contribution in [3.8, 4) is 11.5 Å². The summed E-state index contributed by atoms with van der Waals surface area (Å²) in [6.45, 7) is 1.84. The van der Waals surface area contributed by atoms with Gasteiger partial charge in [0.05, 0.1) is 36.0 Å². The summed E-state index contributed by atoms with van der Waals surface area (Å²) < 4.78 is 34.1. The molecule has 0 radical (unpaired) electrons. The quantitative estimate of drug-likeness (QED) is 0.206. The number of hydrazone groups is 1. The molecule has 8 nitrogen and oxygen atoms in total. The first-order valence-corrected chi connectivity index (χ1v) is 13.6. The summed E-state index contributed by atoms with van der Waals surface area (Å²) in [4.78, 5) is 13.3. The monoisotopic (exact) mass is 563 g/mol. The molecule has 0 spiro atoms. The van der Waals surface area contributed by atoms with Crippen LogP contribution in [0.1, 0.15) is 27.0 Å². The third kappa shape index (κ3) is 6.57. The van der Waals surface area contributed by atoms with Crippen LogP contribution in [-0.2, 0) is 16.6 Å². The van der Waals surface area contributed by atoms with Crippen molar-refractivity contribution in [2.24, 2.45) is 5.10 Å². The zero-order valence-electron chi connectivity index (χ0n) is 21.2. The Morgan fingerprint density at radius 1 is 1.03 bits per heavy atom. The number of carbonyl (C=O) groups excluding carboxylic acids is 1. The van der Waals surface area contributed by atoms with Crippen molar-refractivity contribution >= 4 is 39.4 Å². The number of methoxy groups -OCH3 is 1. The third-order valence-corrected chi connectivity index (χ3v) is 7.88. The van der Waals surface area contributed by atoms with E-state index in [2.05, 4.69) is 10.5 Å². The van der Waals surface area contributed by atoms with E-state index < -0.39 is 15.9 Å². The largest absolute Gasteiger partial charge is 0.504 e. The number of ether oxygens (including phenoxy) is 1. The summed E-state index contributed by atoms with van der Waals surface area (Å²) >= 11 is 6.03. The number of phenolic OH excluding ortho intramolecular Hbond substituents is 1. The second kappa shape index (κ2) is 12.0. The Bertz CT molecular complexity index is 1610. The lowest BCUT2D eigenvalue weighted by Gasteiger charge is -2.26. The molecule has 0 saturated carbocycles. The first-order chi connectivity index (χ1) is 18.7. The van der Waals surface area contributed by atoms with E-state index in [1.54, 1.807) is 78.9 Å². The van der Waals surface area contributed by atoms with Crippen LogP contribution in [0.4, 0.5) is 5.69 Å². The molecular weight excluding hydrogens is 538 g/mol. The number of hydrogen-bond donors (Lipinski definition) is 2. The van der Waals surface area contributed by atoms with Gasteiger partial charge in [-0.2, -0.15) is 5.10 Å². The lowest BCUT2D eigenvalue weighted by atomic mass is 10.1. The normalized spacial score (nSPS) is 11.4. The third-order valence-electron chi connectivity index (χ3n) is 5.85. The maximum absolute atomic E-state index is 13.9. The molecule has 0 aliphatic heterocycles. The molecule has 4 aromatic carbocycles. The predicted molar refractivity (Wildman–Crippen MR) is 152 cm³/mol. The number of carbonyl (C=O) groups is 1. The number of rotatable bonds is 9. The highest BCUT2D eigenvalue weighted by Gasteiger charge is 2.28. The molecule has 10 heteroatoms. The predicted octanol–water partition coefficient (Wildman–Crippen LogP) is 5.52. The molecule has 0 aliphatic rings. The minimum Gasteiger partial charge on any atom is -0.504 e. The van der Waals surface area contributed by atoms with Crippen molar-refractivity contribution in [3.63, 3.8) is 0 Å². The van der Waals surface area contributed by atoms with Gasteiger partial charge in [-0.3, -0.25) is 9.10 Å². The molecule has 0 bridgehead atoms. The van der Waals surface area contributed by atoms with Gasteiger partial charge in [-0.1, -0.05) is 53.6 Å². The van der Waals surface area contributed by atoms with Crippen LogP contribution in [0.25, 0.3) is 0 Å². The zero-order chi connectivity index (χ0) is 28.0. The molecule has 4 rings (SSSR count). The highest BCUT2D eigenvalue weighted by atomic mass is 35.5. The Hall–Kier alpha value is -4.34. The van der Waals surface area contributed by atoms with E-state index in [1.165, 1.54) is 29.8 Å². The first kappa shape index (κ1) is 27.7. The molecule has 0 aliphatic carbocycles. The summed E-state index contributed by atoms with van der Waals surface area (Å²) in [5.41, 5.74) is 4.93. The number of aryl methyl sites for hydroxylation is 1. The lowest BCUT2D eigenvalue weighted by Crippen LogP contribution is -2.33. The van der Waals surface area contributed by atoms with Crippen molar-refractivity contribution in [1.29, 1.82) is 0 Å². The number of halogens is 1. The number of benzene rings is 4. The van der Waals surface area contributed by atoms with Gasteiger partial charge >= 0.3 is 0 Å². The van der Waals surface area contributed by atoms with Crippen LogP contribution in [-0.4, -0.2) is 32.8 Å². The number of anilines is 1. The van der Waals surface area contributed by atoms with E-state index >= 15 is 0 Å². The minimum absolute atomic E-state index is 0.0248. The number of nitrogens with one attached hydrogen (secondary N) is 1. The van der Waals surface area contributed by atoms with Crippen molar-refractivity contribution in [3.05, 3.63) is 118 Å². The maximum Gasteiger partial charge on any atom is 0.273 e. The highest BCUT2D eigenvalue weighted by molar-refractivity contribution is 7.92. The summed E-state index contributed by atoms with van der Waals surface area (Å²) in [5.74, 6) is -0.370. The van der Waals surface area contributed by atoms with Gasteiger partial charge < -0.3 is 9.84 Å². The van der Waals surface area contributed by atoms with Crippen LogP contribution < -0.4 is 14.5 Å². The highest BCUT2D eigenvalue weighted by Crippen LogP contribution is 2.30. The van der Waals surface area contributed by atoms with Crippen LogP contribution in [0.15, 0.2) is 101 Å². The molecular formula is C29H26ClN3O5S. The topological polar surface area (TPSA) is 108 Å². The minimum atomic E-state index is -4.07. The molecule has 4 aromatic rings. The van der Waals surface area contributed by atoms with Gasteiger partial charge in [-0.05, 0) is 72.6 Å². The number of hydrogen-bond acceptors (Lipinski definition) is 6. The van der Waals surface area contributed by atoms with E-state index in [1.807, 2.05) is 6.92 Å². The van der Waals surface area contributed by atoms with E-state index in [4.69, 9.17) is 16.3 Å². The van der Waals surface area contributed by atoms with Crippen LogP contribution in [0.2, 0.25) is 5.02 Å². The fourth-order valence-electron chi connectivity index (χ4n) is 3.78. The van der Waals surface area contributed by atoms with Crippen molar-refractivity contribution in [2.45, 2.75) is 18.4 Å². The van der Waals surface area contributed by atoms with Crippen molar-refractivity contribution < 1.29 is 23.1 Å². The summed E-state index contributed by atoms with van der Waals surface area (Å²) in [7, 11) is -2.64. The van der Waals surface area contributed by atoms with Gasteiger partial charge in [-0.15, -0.1) is 0 Å². The molecule has 0 saturated heterocycles. The number of nitrogens with zero attached hydrogens (tertiary/aromatic N) is 2.